The lowest BCUT2D eigenvalue weighted by atomic mass is 9.97. The molecular weight excluding hydrogens is 406 g/mol. The molecule has 1 saturated heterocycles. The van der Waals surface area contributed by atoms with E-state index in [0.29, 0.717) is 65.8 Å². The number of nitrogens with zero attached hydrogens (tertiary/aromatic N) is 1. The summed E-state index contributed by atoms with van der Waals surface area (Å²) >= 11 is 0. The Bertz CT molecular complexity index is 1220. The van der Waals surface area contributed by atoms with Gasteiger partial charge in [-0.05, 0) is 62.1 Å². The summed E-state index contributed by atoms with van der Waals surface area (Å²) < 4.78 is 17.3. The Hall–Kier alpha value is -2.99. The molecule has 2 aromatic carbocycles. The van der Waals surface area contributed by atoms with Crippen LogP contribution in [0.4, 0.5) is 0 Å². The third-order valence-corrected chi connectivity index (χ3v) is 6.75. The van der Waals surface area contributed by atoms with Gasteiger partial charge < -0.3 is 19.0 Å². The molecule has 0 amide bonds. The van der Waals surface area contributed by atoms with Crippen molar-refractivity contribution in [2.45, 2.75) is 52.1 Å². The van der Waals surface area contributed by atoms with E-state index in [1.54, 1.807) is 6.07 Å². The van der Waals surface area contributed by atoms with Crippen molar-refractivity contribution in [2.24, 2.45) is 0 Å². The van der Waals surface area contributed by atoms with E-state index in [4.69, 9.17) is 13.9 Å². The molecule has 0 spiro atoms. The zero-order valence-electron chi connectivity index (χ0n) is 18.6. The lowest BCUT2D eigenvalue weighted by molar-refractivity contribution is 0.151. The average molecular weight is 436 g/mol. The highest BCUT2D eigenvalue weighted by molar-refractivity contribution is 5.87. The maximum absolute atomic E-state index is 13.6. The van der Waals surface area contributed by atoms with Crippen LogP contribution in [0, 0.1) is 0 Å². The second kappa shape index (κ2) is 8.51. The van der Waals surface area contributed by atoms with Crippen molar-refractivity contribution in [2.75, 3.05) is 19.8 Å². The molecule has 0 unspecified atom stereocenters. The molecule has 2 aliphatic rings. The summed E-state index contributed by atoms with van der Waals surface area (Å²) in [6.07, 6.45) is 5.66. The first-order valence-electron chi connectivity index (χ1n) is 11.5. The molecule has 6 nitrogen and oxygen atoms in total. The van der Waals surface area contributed by atoms with Crippen molar-refractivity contribution in [3.8, 4) is 28.4 Å². The summed E-state index contributed by atoms with van der Waals surface area (Å²) in [5.41, 5.74) is 3.04. The van der Waals surface area contributed by atoms with Crippen LogP contribution in [0.2, 0.25) is 0 Å². The molecule has 168 valence electrons. The minimum Gasteiger partial charge on any atom is -0.507 e. The normalized spacial score (nSPS) is 18.8. The molecule has 0 radical (unpaired) electrons. The van der Waals surface area contributed by atoms with Gasteiger partial charge in [-0.15, -0.1) is 0 Å². The molecule has 2 aliphatic heterocycles. The second-order valence-electron chi connectivity index (χ2n) is 8.75. The Balaban J connectivity index is 1.62. The average Bonchev–Trinajstić information content (AvgIpc) is 2.82. The summed E-state index contributed by atoms with van der Waals surface area (Å²) in [6.45, 7) is 6.77. The van der Waals surface area contributed by atoms with Gasteiger partial charge >= 0.3 is 0 Å². The number of aromatic hydroxyl groups is 1. The van der Waals surface area contributed by atoms with Crippen molar-refractivity contribution in [1.82, 2.24) is 4.90 Å². The second-order valence-corrected chi connectivity index (χ2v) is 8.75. The molecule has 1 atom stereocenters. The third kappa shape index (κ3) is 3.62. The predicted molar refractivity (Wildman–Crippen MR) is 124 cm³/mol. The number of likely N-dealkylation sites (tertiary alicyclic amines) is 1. The Morgan fingerprint density at radius 1 is 1.12 bits per heavy atom. The minimum absolute atomic E-state index is 0.106. The first kappa shape index (κ1) is 20.9. The van der Waals surface area contributed by atoms with E-state index in [2.05, 4.69) is 11.8 Å². The number of phenols is 1. The van der Waals surface area contributed by atoms with E-state index in [0.717, 1.165) is 30.5 Å². The topological polar surface area (TPSA) is 72.1 Å². The van der Waals surface area contributed by atoms with Crippen molar-refractivity contribution in [3.63, 3.8) is 0 Å². The van der Waals surface area contributed by atoms with Crippen LogP contribution in [0.15, 0.2) is 39.7 Å². The predicted octanol–water partition coefficient (Wildman–Crippen LogP) is 4.87. The molecule has 0 bridgehead atoms. The van der Waals surface area contributed by atoms with E-state index in [1.807, 2.05) is 25.1 Å². The molecule has 32 heavy (non-hydrogen) atoms. The third-order valence-electron chi connectivity index (χ3n) is 6.75. The van der Waals surface area contributed by atoms with E-state index in [1.165, 1.54) is 12.7 Å². The molecule has 1 aromatic heterocycles. The molecule has 3 aromatic rings. The first-order chi connectivity index (χ1) is 15.6. The van der Waals surface area contributed by atoms with E-state index < -0.39 is 0 Å². The summed E-state index contributed by atoms with van der Waals surface area (Å²) in [5, 5.41) is 11.5. The number of phenolic OH excluding ortho intramolecular Hbond substituents is 1. The van der Waals surface area contributed by atoms with Crippen LogP contribution >= 0.6 is 0 Å². The van der Waals surface area contributed by atoms with Gasteiger partial charge in [0.05, 0.1) is 16.5 Å². The number of aryl methyl sites for hydroxylation is 1. The highest BCUT2D eigenvalue weighted by Crippen LogP contribution is 2.36. The van der Waals surface area contributed by atoms with Crippen molar-refractivity contribution >= 4 is 11.0 Å². The Labute approximate surface area is 187 Å². The van der Waals surface area contributed by atoms with E-state index in [-0.39, 0.29) is 11.2 Å². The lowest BCUT2D eigenvalue weighted by Gasteiger charge is -2.33. The number of ether oxygens (including phenoxy) is 2. The molecule has 0 aliphatic carbocycles. The number of hydrogen-bond donors (Lipinski definition) is 1. The fourth-order valence-electron chi connectivity index (χ4n) is 4.81. The summed E-state index contributed by atoms with van der Waals surface area (Å²) in [6, 6.07) is 7.71. The van der Waals surface area contributed by atoms with Crippen LogP contribution in [-0.2, 0) is 13.0 Å². The molecular formula is C26H29NO5. The molecule has 1 fully saturated rings. The van der Waals surface area contributed by atoms with Gasteiger partial charge in [-0.2, -0.15) is 0 Å². The first-order valence-corrected chi connectivity index (χ1v) is 11.5. The van der Waals surface area contributed by atoms with Crippen LogP contribution < -0.4 is 14.9 Å². The summed E-state index contributed by atoms with van der Waals surface area (Å²) in [7, 11) is 0. The number of benzene rings is 2. The fourth-order valence-corrected chi connectivity index (χ4v) is 4.81. The Morgan fingerprint density at radius 3 is 2.72 bits per heavy atom. The number of fused-ring (bicyclic) bond motifs is 2. The quantitative estimate of drug-likeness (QED) is 0.630. The fraction of sp³-hybridized carbons (Fsp3) is 0.423. The number of piperidine rings is 1. The van der Waals surface area contributed by atoms with Gasteiger partial charge in [0, 0.05) is 12.6 Å². The molecule has 0 saturated carbocycles. The standard InChI is InChI=1S/C26H29NO5/c1-3-17-12-19-25(29)21(18-7-8-22-23(13-18)31-11-10-30-22)15-32-26(19)20(24(17)28)14-27-9-5-4-6-16(27)2/h7-8,12-13,15-16,28H,3-6,9-11,14H2,1-2H3/t16-/m0/s1. The van der Waals surface area contributed by atoms with Gasteiger partial charge in [0.15, 0.2) is 11.5 Å². The zero-order valence-corrected chi connectivity index (χ0v) is 18.6. The zero-order chi connectivity index (χ0) is 22.2. The van der Waals surface area contributed by atoms with Gasteiger partial charge in [0.25, 0.3) is 0 Å². The van der Waals surface area contributed by atoms with Crippen LogP contribution in [0.25, 0.3) is 22.1 Å². The van der Waals surface area contributed by atoms with Gasteiger partial charge in [-0.3, -0.25) is 9.69 Å². The van der Waals surface area contributed by atoms with Crippen LogP contribution in [0.3, 0.4) is 0 Å². The number of hydrogen-bond acceptors (Lipinski definition) is 6. The van der Waals surface area contributed by atoms with Gasteiger partial charge in [-0.25, -0.2) is 0 Å². The highest BCUT2D eigenvalue weighted by Gasteiger charge is 2.24. The Kier molecular flexibility index (Phi) is 5.55. The lowest BCUT2D eigenvalue weighted by Crippen LogP contribution is -2.36. The maximum Gasteiger partial charge on any atom is 0.200 e. The highest BCUT2D eigenvalue weighted by atomic mass is 16.6. The van der Waals surface area contributed by atoms with Crippen LogP contribution in [0.5, 0.6) is 17.2 Å². The van der Waals surface area contributed by atoms with Crippen LogP contribution in [0.1, 0.15) is 44.2 Å². The maximum atomic E-state index is 13.6. The Morgan fingerprint density at radius 2 is 1.94 bits per heavy atom. The van der Waals surface area contributed by atoms with Gasteiger partial charge in [-0.1, -0.05) is 19.4 Å². The van der Waals surface area contributed by atoms with Crippen molar-refractivity contribution < 1.29 is 19.0 Å². The van der Waals surface area contributed by atoms with Gasteiger partial charge in [0.1, 0.15) is 30.8 Å². The number of rotatable bonds is 4. The largest absolute Gasteiger partial charge is 0.507 e. The molecule has 1 N–H and O–H groups in total. The SMILES string of the molecule is CCc1cc2c(=O)c(-c3ccc4c(c3)OCCO4)coc2c(CN2CCCC[C@@H]2C)c1O. The van der Waals surface area contributed by atoms with E-state index >= 15 is 0 Å². The van der Waals surface area contributed by atoms with Gasteiger partial charge in [0.2, 0.25) is 5.43 Å². The van der Waals surface area contributed by atoms with E-state index in [9.17, 15) is 9.90 Å². The summed E-state index contributed by atoms with van der Waals surface area (Å²) in [4.78, 5) is 15.9. The van der Waals surface area contributed by atoms with Crippen molar-refractivity contribution in [3.05, 3.63) is 51.9 Å². The molecule has 3 heterocycles. The van der Waals surface area contributed by atoms with Crippen LogP contribution in [-0.4, -0.2) is 35.8 Å². The minimum atomic E-state index is -0.106. The molecule has 6 heteroatoms. The summed E-state index contributed by atoms with van der Waals surface area (Å²) in [5.74, 6) is 1.56. The molecule has 5 rings (SSSR count). The monoisotopic (exact) mass is 435 g/mol. The smallest absolute Gasteiger partial charge is 0.200 e. The van der Waals surface area contributed by atoms with Crippen molar-refractivity contribution in [1.29, 1.82) is 0 Å².